The van der Waals surface area contributed by atoms with Crippen LogP contribution in [0.25, 0.3) is 16.2 Å². The molecule has 0 radical (unpaired) electrons. The summed E-state index contributed by atoms with van der Waals surface area (Å²) in [5.74, 6) is -0.0866. The fourth-order valence-electron chi connectivity index (χ4n) is 1.96. The molecule has 0 aromatic carbocycles. The van der Waals surface area contributed by atoms with E-state index in [9.17, 15) is 0 Å². The van der Waals surface area contributed by atoms with Crippen LogP contribution in [-0.2, 0) is 0 Å². The Labute approximate surface area is 124 Å². The first-order chi connectivity index (χ1) is 10.1. The van der Waals surface area contributed by atoms with E-state index >= 15 is 0 Å². The molecule has 21 heavy (non-hydrogen) atoms. The molecule has 7 nitrogen and oxygen atoms in total. The number of imidazole rings is 1. The van der Waals surface area contributed by atoms with Gasteiger partial charge in [-0.2, -0.15) is 5.10 Å². The Kier molecular flexibility index (Phi) is 3.36. The standard InChI is InChI=1S/C13H13N7S/c1-8-7-20-10(6-17-19-12(14)15)11(18-13(20)21-8)9-3-2-4-16-5-9/h2-7H,1H3,(H4,14,15,19)/b17-6+. The Balaban J connectivity index is 2.17. The fraction of sp³-hybridized carbons (Fsp3) is 0.0769. The van der Waals surface area contributed by atoms with Crippen LogP contribution >= 0.6 is 11.3 Å². The van der Waals surface area contributed by atoms with Crippen LogP contribution in [0.1, 0.15) is 10.6 Å². The topological polar surface area (TPSA) is 107 Å². The monoisotopic (exact) mass is 299 g/mol. The second kappa shape index (κ2) is 5.33. The Morgan fingerprint density at radius 3 is 3.00 bits per heavy atom. The average molecular weight is 299 g/mol. The largest absolute Gasteiger partial charge is 0.369 e. The van der Waals surface area contributed by atoms with Gasteiger partial charge in [-0.15, -0.1) is 16.4 Å². The van der Waals surface area contributed by atoms with Crippen LogP contribution in [0.15, 0.2) is 40.9 Å². The fourth-order valence-corrected chi connectivity index (χ4v) is 2.79. The van der Waals surface area contributed by atoms with Crippen molar-refractivity contribution < 1.29 is 0 Å². The van der Waals surface area contributed by atoms with Crippen molar-refractivity contribution >= 4 is 28.5 Å². The van der Waals surface area contributed by atoms with Crippen molar-refractivity contribution in [3.05, 3.63) is 41.3 Å². The van der Waals surface area contributed by atoms with Crippen molar-refractivity contribution in [2.45, 2.75) is 6.92 Å². The third-order valence-corrected chi connectivity index (χ3v) is 3.67. The first-order valence-corrected chi connectivity index (χ1v) is 6.97. The molecular formula is C13H13N7S. The van der Waals surface area contributed by atoms with E-state index in [-0.39, 0.29) is 5.96 Å². The van der Waals surface area contributed by atoms with Gasteiger partial charge in [0.15, 0.2) is 4.96 Å². The van der Waals surface area contributed by atoms with Crippen LogP contribution in [0.3, 0.4) is 0 Å². The van der Waals surface area contributed by atoms with E-state index in [1.807, 2.05) is 29.7 Å². The molecule has 0 aliphatic rings. The molecule has 3 aromatic rings. The van der Waals surface area contributed by atoms with Gasteiger partial charge in [0.2, 0.25) is 5.96 Å². The number of pyridine rings is 1. The zero-order valence-corrected chi connectivity index (χ0v) is 12.1. The summed E-state index contributed by atoms with van der Waals surface area (Å²) in [5.41, 5.74) is 13.1. The summed E-state index contributed by atoms with van der Waals surface area (Å²) in [4.78, 5) is 10.8. The SMILES string of the molecule is Cc1cn2c(/C=N/N=C(N)N)c(-c3cccnc3)nc2s1. The van der Waals surface area contributed by atoms with Gasteiger partial charge in [-0.3, -0.25) is 9.38 Å². The number of thiazole rings is 1. The molecule has 8 heteroatoms. The van der Waals surface area contributed by atoms with Gasteiger partial charge >= 0.3 is 0 Å². The molecule has 0 aliphatic carbocycles. The van der Waals surface area contributed by atoms with Gasteiger partial charge < -0.3 is 11.5 Å². The average Bonchev–Trinajstić information content (AvgIpc) is 2.97. The van der Waals surface area contributed by atoms with Crippen LogP contribution < -0.4 is 11.5 Å². The van der Waals surface area contributed by atoms with Gasteiger partial charge in [0.05, 0.1) is 11.9 Å². The summed E-state index contributed by atoms with van der Waals surface area (Å²) >= 11 is 1.61. The van der Waals surface area contributed by atoms with Crippen LogP contribution in [-0.4, -0.2) is 26.5 Å². The molecule has 0 saturated heterocycles. The molecule has 0 spiro atoms. The highest BCUT2D eigenvalue weighted by atomic mass is 32.1. The normalized spacial score (nSPS) is 11.3. The van der Waals surface area contributed by atoms with Gasteiger partial charge in [-0.05, 0) is 19.1 Å². The highest BCUT2D eigenvalue weighted by molar-refractivity contribution is 7.17. The number of guanidine groups is 1. The molecule has 0 saturated carbocycles. The number of fused-ring (bicyclic) bond motifs is 1. The molecule has 3 aromatic heterocycles. The van der Waals surface area contributed by atoms with E-state index in [1.165, 1.54) is 0 Å². The molecule has 0 unspecified atom stereocenters. The Bertz CT molecular complexity index is 825. The lowest BCUT2D eigenvalue weighted by Gasteiger charge is -1.98. The maximum Gasteiger partial charge on any atom is 0.211 e. The Morgan fingerprint density at radius 1 is 1.43 bits per heavy atom. The van der Waals surface area contributed by atoms with Gasteiger partial charge in [-0.1, -0.05) is 0 Å². The van der Waals surface area contributed by atoms with Crippen molar-refractivity contribution in [1.82, 2.24) is 14.4 Å². The number of aryl methyl sites for hydroxylation is 1. The molecule has 0 amide bonds. The minimum Gasteiger partial charge on any atom is -0.369 e. The van der Waals surface area contributed by atoms with Gasteiger partial charge in [0, 0.05) is 29.0 Å². The smallest absolute Gasteiger partial charge is 0.211 e. The lowest BCUT2D eigenvalue weighted by molar-refractivity contribution is 1.17. The van der Waals surface area contributed by atoms with Gasteiger partial charge in [0.25, 0.3) is 0 Å². The number of nitrogens with two attached hydrogens (primary N) is 2. The van der Waals surface area contributed by atoms with E-state index in [0.29, 0.717) is 0 Å². The molecule has 3 heterocycles. The summed E-state index contributed by atoms with van der Waals surface area (Å²) in [7, 11) is 0. The zero-order chi connectivity index (χ0) is 14.8. The van der Waals surface area contributed by atoms with Gasteiger partial charge in [-0.25, -0.2) is 4.98 Å². The maximum atomic E-state index is 5.28. The predicted molar refractivity (Wildman–Crippen MR) is 84.4 cm³/mol. The van der Waals surface area contributed by atoms with Crippen LogP contribution in [0.4, 0.5) is 0 Å². The number of hydrogen-bond donors (Lipinski definition) is 2. The predicted octanol–water partition coefficient (Wildman–Crippen LogP) is 1.37. The van der Waals surface area contributed by atoms with Crippen LogP contribution in [0.5, 0.6) is 0 Å². The first kappa shape index (κ1) is 13.3. The summed E-state index contributed by atoms with van der Waals surface area (Å²) < 4.78 is 1.97. The van der Waals surface area contributed by atoms with E-state index in [2.05, 4.69) is 20.2 Å². The Morgan fingerprint density at radius 2 is 2.29 bits per heavy atom. The number of hydrogen-bond acceptors (Lipinski definition) is 5. The molecule has 106 valence electrons. The lowest BCUT2D eigenvalue weighted by atomic mass is 10.2. The minimum atomic E-state index is -0.0866. The van der Waals surface area contributed by atoms with E-state index in [1.54, 1.807) is 29.9 Å². The second-order valence-electron chi connectivity index (χ2n) is 4.35. The van der Waals surface area contributed by atoms with Crippen LogP contribution in [0.2, 0.25) is 0 Å². The van der Waals surface area contributed by atoms with E-state index in [0.717, 1.165) is 26.8 Å². The maximum absolute atomic E-state index is 5.28. The molecule has 0 fully saturated rings. The summed E-state index contributed by atoms with van der Waals surface area (Å²) in [6.07, 6.45) is 7.08. The number of rotatable bonds is 3. The third-order valence-electron chi connectivity index (χ3n) is 2.77. The first-order valence-electron chi connectivity index (χ1n) is 6.16. The minimum absolute atomic E-state index is 0.0866. The van der Waals surface area contributed by atoms with Crippen molar-refractivity contribution in [3.8, 4) is 11.3 Å². The summed E-state index contributed by atoms with van der Waals surface area (Å²) in [5, 5.41) is 7.53. The zero-order valence-electron chi connectivity index (χ0n) is 11.3. The van der Waals surface area contributed by atoms with E-state index < -0.39 is 0 Å². The quantitative estimate of drug-likeness (QED) is 0.432. The van der Waals surface area contributed by atoms with Crippen molar-refractivity contribution in [3.63, 3.8) is 0 Å². The van der Waals surface area contributed by atoms with Crippen molar-refractivity contribution in [1.29, 1.82) is 0 Å². The highest BCUT2D eigenvalue weighted by Crippen LogP contribution is 2.26. The van der Waals surface area contributed by atoms with E-state index in [4.69, 9.17) is 11.5 Å². The molecule has 4 N–H and O–H groups in total. The molecule has 0 atom stereocenters. The molecule has 0 aliphatic heterocycles. The van der Waals surface area contributed by atoms with Crippen LogP contribution in [0, 0.1) is 6.92 Å². The third kappa shape index (κ3) is 2.61. The molecule has 0 bridgehead atoms. The number of nitrogens with zero attached hydrogens (tertiary/aromatic N) is 5. The second-order valence-corrected chi connectivity index (χ2v) is 5.56. The summed E-state index contributed by atoms with van der Waals surface area (Å²) in [6, 6.07) is 3.81. The van der Waals surface area contributed by atoms with Gasteiger partial charge in [0.1, 0.15) is 5.69 Å². The summed E-state index contributed by atoms with van der Waals surface area (Å²) in [6.45, 7) is 2.03. The Hall–Kier alpha value is -2.74. The lowest BCUT2D eigenvalue weighted by Crippen LogP contribution is -2.21. The number of aromatic nitrogens is 3. The van der Waals surface area contributed by atoms with Crippen molar-refractivity contribution in [2.75, 3.05) is 0 Å². The molecular weight excluding hydrogens is 286 g/mol. The molecule has 3 rings (SSSR count). The van der Waals surface area contributed by atoms with Crippen molar-refractivity contribution in [2.24, 2.45) is 21.7 Å². The highest BCUT2D eigenvalue weighted by Gasteiger charge is 2.14.